The van der Waals surface area contributed by atoms with Crippen LogP contribution in [0.4, 0.5) is 0 Å². The molecule has 1 aromatic carbocycles. The third-order valence-corrected chi connectivity index (χ3v) is 6.02. The van der Waals surface area contributed by atoms with Gasteiger partial charge in [0, 0.05) is 13.1 Å². The number of nitrogens with zero attached hydrogens (tertiary/aromatic N) is 1. The van der Waals surface area contributed by atoms with Crippen molar-refractivity contribution in [3.05, 3.63) is 38.7 Å². The van der Waals surface area contributed by atoms with Gasteiger partial charge in [0.05, 0.1) is 10.0 Å². The van der Waals surface area contributed by atoms with E-state index in [1.54, 1.807) is 12.1 Å². The van der Waals surface area contributed by atoms with Gasteiger partial charge in [0.2, 0.25) is 10.0 Å². The zero-order chi connectivity index (χ0) is 15.6. The molecule has 0 aliphatic carbocycles. The van der Waals surface area contributed by atoms with Crippen LogP contribution >= 0.6 is 23.2 Å². The van der Waals surface area contributed by atoms with Crippen molar-refractivity contribution in [2.45, 2.75) is 19.8 Å². The molecular formula is C14H15Cl2NO3S. The Morgan fingerprint density at radius 2 is 1.81 bits per heavy atom. The average Bonchev–Trinajstić information content (AvgIpc) is 2.94. The van der Waals surface area contributed by atoms with Crippen LogP contribution in [0.1, 0.15) is 25.3 Å². The second-order valence-corrected chi connectivity index (χ2v) is 7.57. The van der Waals surface area contributed by atoms with Gasteiger partial charge in [-0.1, -0.05) is 29.3 Å². The van der Waals surface area contributed by atoms with Crippen LogP contribution in [0.25, 0.3) is 6.08 Å². The lowest BCUT2D eigenvalue weighted by molar-refractivity contribution is -0.112. The van der Waals surface area contributed by atoms with Gasteiger partial charge >= 0.3 is 0 Å². The molecule has 21 heavy (non-hydrogen) atoms. The van der Waals surface area contributed by atoms with Gasteiger partial charge in [-0.2, -0.15) is 4.31 Å². The average molecular weight is 348 g/mol. The molecule has 0 unspecified atom stereocenters. The Bertz CT molecular complexity index is 692. The highest BCUT2D eigenvalue weighted by molar-refractivity contribution is 7.94. The molecule has 0 N–H and O–H groups in total. The smallest absolute Gasteiger partial charge is 0.246 e. The van der Waals surface area contributed by atoms with Crippen molar-refractivity contribution in [2.24, 2.45) is 0 Å². The van der Waals surface area contributed by atoms with E-state index in [-0.39, 0.29) is 4.91 Å². The lowest BCUT2D eigenvalue weighted by atomic mass is 10.2. The zero-order valence-corrected chi connectivity index (χ0v) is 13.8. The number of benzene rings is 1. The number of sulfonamides is 1. The molecule has 1 fully saturated rings. The van der Waals surface area contributed by atoms with E-state index in [9.17, 15) is 13.2 Å². The molecule has 1 heterocycles. The minimum Gasteiger partial charge on any atom is -0.294 e. The Balaban J connectivity index is 2.45. The van der Waals surface area contributed by atoms with Gasteiger partial charge in [0.1, 0.15) is 4.91 Å². The van der Waals surface area contributed by atoms with Crippen LogP contribution in [0.5, 0.6) is 0 Å². The molecule has 1 aromatic rings. The van der Waals surface area contributed by atoms with Crippen LogP contribution in [-0.2, 0) is 14.8 Å². The van der Waals surface area contributed by atoms with Crippen molar-refractivity contribution in [1.82, 2.24) is 4.31 Å². The zero-order valence-electron chi connectivity index (χ0n) is 11.5. The summed E-state index contributed by atoms with van der Waals surface area (Å²) in [6, 6.07) is 4.72. The summed E-state index contributed by atoms with van der Waals surface area (Å²) in [5.74, 6) is -0.493. The second kappa shape index (κ2) is 6.48. The van der Waals surface area contributed by atoms with Crippen molar-refractivity contribution in [3.63, 3.8) is 0 Å². The number of carbonyl (C=O) groups excluding carboxylic acids is 1. The van der Waals surface area contributed by atoms with Crippen LogP contribution < -0.4 is 0 Å². The Hall–Kier alpha value is -0.880. The first-order valence-corrected chi connectivity index (χ1v) is 8.70. The summed E-state index contributed by atoms with van der Waals surface area (Å²) in [6.07, 6.45) is 2.98. The second-order valence-electron chi connectivity index (χ2n) is 4.85. The molecule has 0 radical (unpaired) electrons. The maximum absolute atomic E-state index is 12.5. The van der Waals surface area contributed by atoms with E-state index in [2.05, 4.69) is 0 Å². The van der Waals surface area contributed by atoms with Crippen LogP contribution in [0.15, 0.2) is 23.1 Å². The molecular weight excluding hydrogens is 333 g/mol. The summed E-state index contributed by atoms with van der Waals surface area (Å²) in [4.78, 5) is 11.6. The fourth-order valence-electron chi connectivity index (χ4n) is 2.18. The van der Waals surface area contributed by atoms with E-state index >= 15 is 0 Å². The Morgan fingerprint density at radius 3 is 2.33 bits per heavy atom. The molecule has 0 amide bonds. The van der Waals surface area contributed by atoms with Crippen molar-refractivity contribution >= 4 is 45.1 Å². The first-order chi connectivity index (χ1) is 9.82. The van der Waals surface area contributed by atoms with E-state index in [0.29, 0.717) is 28.7 Å². The monoisotopic (exact) mass is 347 g/mol. The molecule has 4 nitrogen and oxygen atoms in total. The van der Waals surface area contributed by atoms with Gasteiger partial charge in [0.25, 0.3) is 0 Å². The molecule has 1 saturated heterocycles. The highest BCUT2D eigenvalue weighted by Crippen LogP contribution is 2.26. The van der Waals surface area contributed by atoms with Gasteiger partial charge in [-0.25, -0.2) is 8.42 Å². The van der Waals surface area contributed by atoms with Crippen LogP contribution in [-0.4, -0.2) is 31.6 Å². The standard InChI is InChI=1S/C14H15Cl2NO3S/c1-10(18)14(21(19,20)17-6-2-3-7-17)9-11-4-5-12(15)13(16)8-11/h4-5,8-9H,2-3,6-7H2,1H3/b14-9-. The number of allylic oxidation sites excluding steroid dienone is 1. The lowest BCUT2D eigenvalue weighted by Crippen LogP contribution is -2.31. The third-order valence-electron chi connectivity index (χ3n) is 3.27. The van der Waals surface area contributed by atoms with Crippen molar-refractivity contribution < 1.29 is 13.2 Å². The molecule has 0 spiro atoms. The van der Waals surface area contributed by atoms with Gasteiger partial charge in [-0.3, -0.25) is 4.79 Å². The van der Waals surface area contributed by atoms with Gasteiger partial charge in [0.15, 0.2) is 5.78 Å². The Labute approximate surface area is 134 Å². The van der Waals surface area contributed by atoms with E-state index in [1.165, 1.54) is 23.4 Å². The molecule has 0 atom stereocenters. The molecule has 0 aromatic heterocycles. The maximum Gasteiger partial charge on any atom is 0.246 e. The molecule has 7 heteroatoms. The number of hydrogen-bond acceptors (Lipinski definition) is 3. The maximum atomic E-state index is 12.5. The normalized spacial score (nSPS) is 17.2. The van der Waals surface area contributed by atoms with Gasteiger partial charge in [-0.05, 0) is 43.5 Å². The molecule has 114 valence electrons. The predicted octanol–water partition coefficient (Wildman–Crippen LogP) is 3.35. The predicted molar refractivity (Wildman–Crippen MR) is 84.8 cm³/mol. The molecule has 0 bridgehead atoms. The molecule has 2 rings (SSSR count). The third kappa shape index (κ3) is 3.66. The van der Waals surface area contributed by atoms with E-state index < -0.39 is 15.8 Å². The summed E-state index contributed by atoms with van der Waals surface area (Å²) >= 11 is 11.7. The molecule has 1 aliphatic rings. The SMILES string of the molecule is CC(=O)/C(=C/c1ccc(Cl)c(Cl)c1)S(=O)(=O)N1CCCC1. The van der Waals surface area contributed by atoms with Crippen LogP contribution in [0.3, 0.4) is 0 Å². The summed E-state index contributed by atoms with van der Waals surface area (Å²) in [7, 11) is -3.75. The van der Waals surface area contributed by atoms with Gasteiger partial charge in [-0.15, -0.1) is 0 Å². The topological polar surface area (TPSA) is 54.5 Å². The highest BCUT2D eigenvalue weighted by atomic mass is 35.5. The van der Waals surface area contributed by atoms with E-state index in [0.717, 1.165) is 12.8 Å². The number of halogens is 2. The fourth-order valence-corrected chi connectivity index (χ4v) is 4.15. The first-order valence-electron chi connectivity index (χ1n) is 6.50. The largest absolute Gasteiger partial charge is 0.294 e. The first kappa shape index (κ1) is 16.5. The van der Waals surface area contributed by atoms with Gasteiger partial charge < -0.3 is 0 Å². The van der Waals surface area contributed by atoms with Crippen molar-refractivity contribution in [3.8, 4) is 0 Å². The summed E-state index contributed by atoms with van der Waals surface area (Å²) in [6.45, 7) is 2.15. The van der Waals surface area contributed by atoms with Crippen LogP contribution in [0.2, 0.25) is 10.0 Å². The highest BCUT2D eigenvalue weighted by Gasteiger charge is 2.31. The number of Topliss-reactive ketones (excluding diaryl/α,β-unsaturated/α-hetero) is 1. The van der Waals surface area contributed by atoms with E-state index in [1.807, 2.05) is 0 Å². The van der Waals surface area contributed by atoms with Crippen molar-refractivity contribution in [1.29, 1.82) is 0 Å². The quantitative estimate of drug-likeness (QED) is 0.784. The minimum absolute atomic E-state index is 0.220. The Morgan fingerprint density at radius 1 is 1.19 bits per heavy atom. The summed E-state index contributed by atoms with van der Waals surface area (Å²) < 4.78 is 26.4. The van der Waals surface area contributed by atoms with Crippen molar-refractivity contribution in [2.75, 3.05) is 13.1 Å². The lowest BCUT2D eigenvalue weighted by Gasteiger charge is -2.16. The van der Waals surface area contributed by atoms with E-state index in [4.69, 9.17) is 23.2 Å². The minimum atomic E-state index is -3.75. The summed E-state index contributed by atoms with van der Waals surface area (Å²) in [5.41, 5.74) is 0.525. The number of hydrogen-bond donors (Lipinski definition) is 0. The number of rotatable bonds is 4. The van der Waals surface area contributed by atoms with Crippen LogP contribution in [0, 0.1) is 0 Å². The summed E-state index contributed by atoms with van der Waals surface area (Å²) in [5, 5.41) is 0.687. The Kier molecular flexibility index (Phi) is 5.09. The number of carbonyl (C=O) groups is 1. The molecule has 1 aliphatic heterocycles. The number of ketones is 1. The fraction of sp³-hybridized carbons (Fsp3) is 0.357. The molecule has 0 saturated carbocycles.